The van der Waals surface area contributed by atoms with Crippen molar-refractivity contribution in [3.05, 3.63) is 120 Å². The molecule has 4 aromatic rings. The van der Waals surface area contributed by atoms with Crippen LogP contribution in [0.15, 0.2) is 109 Å². The van der Waals surface area contributed by atoms with Gasteiger partial charge in [-0.3, -0.25) is 50.0 Å². The minimum atomic E-state index is -3.63. The smallest absolute Gasteiger partial charge is 0.418 e. The summed E-state index contributed by atoms with van der Waals surface area (Å²) in [5.41, 5.74) is 2.01. The number of nitrogens with one attached hydrogen (secondary N) is 4. The van der Waals surface area contributed by atoms with Crippen molar-refractivity contribution in [2.75, 3.05) is 81.6 Å². The Labute approximate surface area is 399 Å². The fourth-order valence-corrected chi connectivity index (χ4v) is 7.43. The van der Waals surface area contributed by atoms with Crippen LogP contribution in [-0.2, 0) is 33.3 Å². The van der Waals surface area contributed by atoms with Gasteiger partial charge in [0.15, 0.2) is 0 Å². The van der Waals surface area contributed by atoms with E-state index in [0.29, 0.717) is 60.2 Å². The SMILES string of the molecule is CCCCOC(=O)CN1CCN(CC2CN(c3ccc(C(=N)NC(=O)Oc4ccccc4)cc3)C(=O)O2)CC1.CS(=O)(=O)OCC1CN(c2ccc(C(=N)NC(=O)Oc3ccccc3)cc2)C(=O)O1. The molecule has 366 valence electrons. The van der Waals surface area contributed by atoms with E-state index < -0.39 is 40.6 Å². The van der Waals surface area contributed by atoms with E-state index in [0.717, 1.165) is 45.3 Å². The first-order valence-electron chi connectivity index (χ1n) is 22.0. The lowest BCUT2D eigenvalue weighted by Gasteiger charge is -2.34. The molecule has 2 atom stereocenters. The summed E-state index contributed by atoms with van der Waals surface area (Å²) < 4.78 is 53.0. The number of rotatable bonds is 16. The number of carbonyl (C=O) groups is 5. The van der Waals surface area contributed by atoms with Crippen molar-refractivity contribution in [2.45, 2.75) is 32.0 Å². The topological polar surface area (TPSA) is 260 Å². The van der Waals surface area contributed by atoms with Crippen LogP contribution in [0.25, 0.3) is 0 Å². The Balaban J connectivity index is 0.000000235. The Morgan fingerprint density at radius 2 is 1.12 bits per heavy atom. The fraction of sp³-hybridized carbons (Fsp3) is 0.340. The van der Waals surface area contributed by atoms with Gasteiger partial charge >= 0.3 is 30.3 Å². The molecule has 21 nitrogen and oxygen atoms in total. The Morgan fingerprint density at radius 1 is 0.667 bits per heavy atom. The summed E-state index contributed by atoms with van der Waals surface area (Å²) in [6, 6.07) is 30.1. The first-order chi connectivity index (χ1) is 33.1. The zero-order valence-corrected chi connectivity index (χ0v) is 38.9. The summed E-state index contributed by atoms with van der Waals surface area (Å²) in [4.78, 5) is 67.7. The lowest BCUT2D eigenvalue weighted by molar-refractivity contribution is -0.145. The average molecular weight is 971 g/mol. The summed E-state index contributed by atoms with van der Waals surface area (Å²) in [5.74, 6) is 0.259. The Bertz CT molecular complexity index is 2530. The molecule has 69 heavy (non-hydrogen) atoms. The number of amidine groups is 2. The van der Waals surface area contributed by atoms with E-state index >= 15 is 0 Å². The highest BCUT2D eigenvalue weighted by Crippen LogP contribution is 2.25. The Hall–Kier alpha value is -7.40. The molecule has 3 heterocycles. The molecule has 3 fully saturated rings. The van der Waals surface area contributed by atoms with Gasteiger partial charge < -0.3 is 23.7 Å². The van der Waals surface area contributed by atoms with Crippen molar-refractivity contribution in [1.82, 2.24) is 20.4 Å². The first kappa shape index (κ1) is 51.0. The molecule has 7 rings (SSSR count). The molecule has 22 heteroatoms. The van der Waals surface area contributed by atoms with E-state index in [2.05, 4.69) is 31.5 Å². The van der Waals surface area contributed by atoms with Crippen molar-refractivity contribution in [3.8, 4) is 11.5 Å². The second kappa shape index (κ2) is 24.6. The van der Waals surface area contributed by atoms with E-state index in [9.17, 15) is 32.4 Å². The maximum absolute atomic E-state index is 12.6. The maximum Gasteiger partial charge on any atom is 0.418 e. The highest BCUT2D eigenvalue weighted by molar-refractivity contribution is 7.86. The molecule has 4 N–H and O–H groups in total. The number of benzene rings is 4. The van der Waals surface area contributed by atoms with Crippen molar-refractivity contribution in [3.63, 3.8) is 0 Å². The molecule has 3 aliphatic heterocycles. The van der Waals surface area contributed by atoms with Crippen LogP contribution in [0.1, 0.15) is 30.9 Å². The summed E-state index contributed by atoms with van der Waals surface area (Å²) in [6.45, 7) is 6.81. The van der Waals surface area contributed by atoms with Crippen LogP contribution < -0.4 is 29.9 Å². The minimum absolute atomic E-state index is 0.113. The molecule has 0 spiro atoms. The van der Waals surface area contributed by atoms with Gasteiger partial charge in [0.2, 0.25) is 0 Å². The molecule has 4 aromatic carbocycles. The number of anilines is 2. The Kier molecular flexibility index (Phi) is 18.2. The van der Waals surface area contributed by atoms with Crippen molar-refractivity contribution in [2.24, 2.45) is 0 Å². The third-order valence-corrected chi connectivity index (χ3v) is 11.1. The number of unbranched alkanes of at least 4 members (excludes halogenated alkanes) is 1. The Morgan fingerprint density at radius 3 is 1.58 bits per heavy atom. The van der Waals surface area contributed by atoms with Crippen molar-refractivity contribution >= 4 is 63.5 Å². The summed E-state index contributed by atoms with van der Waals surface area (Å²) >= 11 is 0. The van der Waals surface area contributed by atoms with Gasteiger partial charge in [0.25, 0.3) is 10.1 Å². The molecule has 3 aliphatic rings. The second-order valence-electron chi connectivity index (χ2n) is 15.9. The molecular weight excluding hydrogens is 917 g/mol. The highest BCUT2D eigenvalue weighted by atomic mass is 32.2. The summed E-state index contributed by atoms with van der Waals surface area (Å²) in [6.07, 6.45) is -0.802. The van der Waals surface area contributed by atoms with Crippen molar-refractivity contribution < 1.29 is 60.3 Å². The van der Waals surface area contributed by atoms with Crippen molar-refractivity contribution in [1.29, 1.82) is 10.8 Å². The van der Waals surface area contributed by atoms with Crippen LogP contribution >= 0.6 is 0 Å². The molecule has 0 aromatic heterocycles. The van der Waals surface area contributed by atoms with E-state index in [1.54, 1.807) is 108 Å². The van der Waals surface area contributed by atoms with Crippen LogP contribution in [0, 0.1) is 10.8 Å². The minimum Gasteiger partial charge on any atom is -0.465 e. The van der Waals surface area contributed by atoms with Crippen LogP contribution in [0.5, 0.6) is 11.5 Å². The summed E-state index contributed by atoms with van der Waals surface area (Å²) in [5, 5.41) is 20.9. The number of para-hydroxylation sites is 2. The second-order valence-corrected chi connectivity index (χ2v) is 17.5. The van der Waals surface area contributed by atoms with E-state index in [1.807, 2.05) is 6.07 Å². The molecule has 2 unspecified atom stereocenters. The number of nitrogens with zero attached hydrogens (tertiary/aromatic N) is 4. The van der Waals surface area contributed by atoms with Crippen LogP contribution in [0.2, 0.25) is 0 Å². The standard InChI is InChI=1S/C28H35N5O6.C19H19N3O7S/c1-2-3-17-37-25(34)20-32-15-13-31(14-16-32)18-24-19-33(28(36)39-24)22-11-9-21(10-12-22)26(29)30-27(35)38-23-7-5-4-6-8-23;1-30(25,26)27-12-16-11-22(19(24)29-16)14-9-7-13(8-10-14)17(20)21-18(23)28-15-5-3-2-4-6-15/h4-12,24H,2-3,13-20H2,1H3,(H2,29,30,35);2-10,16H,11-12H2,1H3,(H2,20,21,23). The van der Waals surface area contributed by atoms with Crippen LogP contribution in [-0.4, -0.2) is 144 Å². The van der Waals surface area contributed by atoms with Gasteiger partial charge in [-0.1, -0.05) is 49.7 Å². The number of esters is 1. The lowest BCUT2D eigenvalue weighted by Crippen LogP contribution is -2.50. The van der Waals surface area contributed by atoms with Gasteiger partial charge in [0, 0.05) is 55.2 Å². The molecule has 0 bridgehead atoms. The average Bonchev–Trinajstić information content (AvgIpc) is 3.90. The van der Waals surface area contributed by atoms with Crippen LogP contribution in [0.4, 0.5) is 30.6 Å². The van der Waals surface area contributed by atoms with Gasteiger partial charge in [-0.15, -0.1) is 0 Å². The van der Waals surface area contributed by atoms with Gasteiger partial charge in [-0.05, 0) is 79.2 Å². The molecule has 0 saturated carbocycles. The van der Waals surface area contributed by atoms with E-state index in [4.69, 9.17) is 34.5 Å². The summed E-state index contributed by atoms with van der Waals surface area (Å²) in [7, 11) is -3.63. The third-order valence-electron chi connectivity index (χ3n) is 10.6. The van der Waals surface area contributed by atoms with E-state index in [1.165, 1.54) is 4.90 Å². The van der Waals surface area contributed by atoms with Crippen LogP contribution in [0.3, 0.4) is 0 Å². The number of hydrogen-bond acceptors (Lipinski definition) is 17. The molecule has 0 aliphatic carbocycles. The fourth-order valence-electron chi connectivity index (χ4n) is 7.03. The normalized spacial score (nSPS) is 17.1. The zero-order valence-electron chi connectivity index (χ0n) is 38.0. The third kappa shape index (κ3) is 16.1. The quantitative estimate of drug-likeness (QED) is 0.0281. The van der Waals surface area contributed by atoms with Gasteiger partial charge in [-0.2, -0.15) is 8.42 Å². The maximum atomic E-state index is 12.6. The number of hydrogen-bond donors (Lipinski definition) is 4. The van der Waals surface area contributed by atoms with Gasteiger partial charge in [0.1, 0.15) is 42.0 Å². The lowest BCUT2D eigenvalue weighted by atomic mass is 10.1. The highest BCUT2D eigenvalue weighted by Gasteiger charge is 2.35. The van der Waals surface area contributed by atoms with Gasteiger partial charge in [-0.25, -0.2) is 19.2 Å². The predicted octanol–water partition coefficient (Wildman–Crippen LogP) is 5.19. The number of piperazine rings is 1. The molecule has 0 radical (unpaired) electrons. The van der Waals surface area contributed by atoms with Gasteiger partial charge in [0.05, 0.1) is 32.5 Å². The monoisotopic (exact) mass is 970 g/mol. The first-order valence-corrected chi connectivity index (χ1v) is 23.8. The van der Waals surface area contributed by atoms with E-state index in [-0.39, 0.29) is 36.9 Å². The zero-order chi connectivity index (χ0) is 49.3. The number of carbonyl (C=O) groups excluding carboxylic acids is 5. The number of amides is 4. The predicted molar refractivity (Wildman–Crippen MR) is 253 cm³/mol. The largest absolute Gasteiger partial charge is 0.465 e. The molecular formula is C47H54N8O13S. The number of ether oxygens (including phenoxy) is 5. The molecule has 3 saturated heterocycles. The molecule has 4 amide bonds. The number of cyclic esters (lactones) is 2.